The van der Waals surface area contributed by atoms with Crippen molar-refractivity contribution in [1.29, 1.82) is 5.26 Å². The molecule has 146 valence electrons. The zero-order valence-electron chi connectivity index (χ0n) is 16.2. The molecule has 2 aromatic carbocycles. The molecule has 2 aromatic rings. The van der Waals surface area contributed by atoms with Crippen LogP contribution in [0, 0.1) is 11.3 Å². The Morgan fingerprint density at radius 2 is 1.86 bits per heavy atom. The topological polar surface area (TPSA) is 85.3 Å². The summed E-state index contributed by atoms with van der Waals surface area (Å²) >= 11 is 0. The van der Waals surface area contributed by atoms with E-state index >= 15 is 0 Å². The van der Waals surface area contributed by atoms with Gasteiger partial charge in [0.15, 0.2) is 5.78 Å². The molecule has 0 aromatic heterocycles. The number of hydrogen-bond acceptors (Lipinski definition) is 5. The van der Waals surface area contributed by atoms with Crippen molar-refractivity contribution in [2.45, 2.75) is 31.6 Å². The predicted octanol–water partition coefficient (Wildman–Crippen LogP) is 4.29. The van der Waals surface area contributed by atoms with Crippen molar-refractivity contribution in [3.63, 3.8) is 0 Å². The van der Waals surface area contributed by atoms with Crippen LogP contribution in [0.15, 0.2) is 77.4 Å². The van der Waals surface area contributed by atoms with Crippen LogP contribution in [-0.2, 0) is 9.53 Å². The van der Waals surface area contributed by atoms with Crippen LogP contribution in [-0.4, -0.2) is 12.4 Å². The molecule has 2 N–H and O–H groups in total. The fourth-order valence-electron chi connectivity index (χ4n) is 4.19. The van der Waals surface area contributed by atoms with Gasteiger partial charge in [0.1, 0.15) is 23.2 Å². The number of ketones is 1. The zero-order chi connectivity index (χ0) is 20.4. The van der Waals surface area contributed by atoms with Crippen LogP contribution in [0.1, 0.15) is 42.7 Å². The molecular weight excluding hydrogens is 364 g/mol. The molecule has 1 aliphatic carbocycles. The highest BCUT2D eigenvalue weighted by Crippen LogP contribution is 2.48. The van der Waals surface area contributed by atoms with Gasteiger partial charge in [-0.25, -0.2) is 0 Å². The van der Waals surface area contributed by atoms with Crippen LogP contribution >= 0.6 is 0 Å². The lowest BCUT2D eigenvalue weighted by Gasteiger charge is -2.34. The number of para-hydroxylation sites is 1. The van der Waals surface area contributed by atoms with Crippen LogP contribution in [0.2, 0.25) is 0 Å². The third kappa shape index (κ3) is 3.38. The molecule has 0 saturated carbocycles. The molecule has 0 spiro atoms. The number of carbonyl (C=O) groups excluding carboxylic acids is 1. The van der Waals surface area contributed by atoms with Gasteiger partial charge < -0.3 is 15.2 Å². The van der Waals surface area contributed by atoms with E-state index in [1.54, 1.807) is 0 Å². The van der Waals surface area contributed by atoms with Crippen molar-refractivity contribution in [2.24, 2.45) is 5.73 Å². The number of rotatable bonds is 4. The smallest absolute Gasteiger partial charge is 0.205 e. The van der Waals surface area contributed by atoms with Gasteiger partial charge in [-0.1, -0.05) is 48.5 Å². The van der Waals surface area contributed by atoms with Crippen LogP contribution < -0.4 is 10.5 Å². The number of nitriles is 1. The standard InChI is InChI=1S/C24H22N2O3/c1-2-28-20-11-7-6-10-17(20)22-18(14-25)24(26)29-21-13-16(12-19(27)23(21)22)15-8-4-3-5-9-15/h3-11,16,22H,2,12-13,26H2,1H3/t16-,22+/m1/s1. The van der Waals surface area contributed by atoms with Gasteiger partial charge in [-0.3, -0.25) is 4.79 Å². The molecule has 0 fully saturated rings. The molecule has 2 atom stereocenters. The molecule has 1 aliphatic heterocycles. The average molecular weight is 386 g/mol. The number of Topliss-reactive ketones (excluding diaryl/α,β-unsaturated/α-hetero) is 1. The number of hydrogen-bond donors (Lipinski definition) is 1. The molecule has 0 amide bonds. The van der Waals surface area contributed by atoms with Gasteiger partial charge in [0.25, 0.3) is 0 Å². The van der Waals surface area contributed by atoms with Crippen molar-refractivity contribution in [1.82, 2.24) is 0 Å². The fraction of sp³-hybridized carbons (Fsp3) is 0.250. The number of benzene rings is 2. The minimum atomic E-state index is -0.573. The number of allylic oxidation sites excluding steroid dienone is 3. The van der Waals surface area contributed by atoms with Crippen molar-refractivity contribution in [3.05, 3.63) is 88.5 Å². The monoisotopic (exact) mass is 386 g/mol. The molecule has 0 unspecified atom stereocenters. The van der Waals surface area contributed by atoms with Crippen LogP contribution in [0.5, 0.6) is 5.75 Å². The van der Waals surface area contributed by atoms with E-state index in [2.05, 4.69) is 6.07 Å². The van der Waals surface area contributed by atoms with Crippen molar-refractivity contribution in [2.75, 3.05) is 6.61 Å². The van der Waals surface area contributed by atoms with E-state index in [0.29, 0.717) is 36.5 Å². The number of nitrogens with two attached hydrogens (primary N) is 1. The summed E-state index contributed by atoms with van der Waals surface area (Å²) in [6.07, 6.45) is 0.940. The molecule has 5 heteroatoms. The lowest BCUT2D eigenvalue weighted by atomic mass is 9.73. The van der Waals surface area contributed by atoms with E-state index in [9.17, 15) is 10.1 Å². The van der Waals surface area contributed by atoms with Gasteiger partial charge in [0, 0.05) is 24.0 Å². The molecule has 0 saturated heterocycles. The highest BCUT2D eigenvalue weighted by Gasteiger charge is 2.41. The van der Waals surface area contributed by atoms with E-state index in [0.717, 1.165) is 11.1 Å². The Hall–Kier alpha value is -3.52. The largest absolute Gasteiger partial charge is 0.494 e. The molecular formula is C24H22N2O3. The maximum atomic E-state index is 13.3. The van der Waals surface area contributed by atoms with Gasteiger partial charge in [-0.15, -0.1) is 0 Å². The minimum Gasteiger partial charge on any atom is -0.494 e. The van der Waals surface area contributed by atoms with Crippen LogP contribution in [0.25, 0.3) is 0 Å². The Kier molecular flexibility index (Phi) is 5.09. The molecule has 4 rings (SSSR count). The summed E-state index contributed by atoms with van der Waals surface area (Å²) in [5.74, 6) is 0.702. The first-order chi connectivity index (χ1) is 14.1. The first-order valence-electron chi connectivity index (χ1n) is 9.74. The van der Waals surface area contributed by atoms with E-state index in [-0.39, 0.29) is 23.2 Å². The SMILES string of the molecule is CCOc1ccccc1[C@H]1C(C#N)=C(N)OC2=C1C(=O)C[C@@H](c1ccccc1)C2. The van der Waals surface area contributed by atoms with Gasteiger partial charge in [-0.05, 0) is 24.5 Å². The highest BCUT2D eigenvalue weighted by atomic mass is 16.5. The maximum absolute atomic E-state index is 13.3. The summed E-state index contributed by atoms with van der Waals surface area (Å²) in [5.41, 5.74) is 8.76. The van der Waals surface area contributed by atoms with Gasteiger partial charge in [0.2, 0.25) is 5.88 Å². The maximum Gasteiger partial charge on any atom is 0.205 e. The lowest BCUT2D eigenvalue weighted by Crippen LogP contribution is -2.30. The van der Waals surface area contributed by atoms with E-state index in [1.807, 2.05) is 61.5 Å². The average Bonchev–Trinajstić information content (AvgIpc) is 2.74. The highest BCUT2D eigenvalue weighted by molar-refractivity contribution is 6.00. The minimum absolute atomic E-state index is 0.0170. The summed E-state index contributed by atoms with van der Waals surface area (Å²) in [6.45, 7) is 2.38. The predicted molar refractivity (Wildman–Crippen MR) is 109 cm³/mol. The quantitative estimate of drug-likeness (QED) is 0.847. The van der Waals surface area contributed by atoms with Crippen LogP contribution in [0.3, 0.4) is 0 Å². The van der Waals surface area contributed by atoms with E-state index in [4.69, 9.17) is 15.2 Å². The first kappa shape index (κ1) is 18.8. The van der Waals surface area contributed by atoms with Crippen molar-refractivity contribution >= 4 is 5.78 Å². The molecule has 1 heterocycles. The lowest BCUT2D eigenvalue weighted by molar-refractivity contribution is -0.117. The summed E-state index contributed by atoms with van der Waals surface area (Å²) < 4.78 is 11.6. The molecule has 2 aliphatic rings. The molecule has 0 radical (unpaired) electrons. The number of ether oxygens (including phenoxy) is 2. The Labute approximate surface area is 170 Å². The normalized spacial score (nSPS) is 21.3. The Balaban J connectivity index is 1.82. The van der Waals surface area contributed by atoms with Gasteiger partial charge in [0.05, 0.1) is 12.5 Å². The Bertz CT molecular complexity index is 1050. The zero-order valence-corrected chi connectivity index (χ0v) is 16.2. The molecule has 0 bridgehead atoms. The second-order valence-electron chi connectivity index (χ2n) is 7.17. The number of carbonyl (C=O) groups is 1. The first-order valence-corrected chi connectivity index (χ1v) is 9.74. The van der Waals surface area contributed by atoms with E-state index < -0.39 is 5.92 Å². The van der Waals surface area contributed by atoms with E-state index in [1.165, 1.54) is 0 Å². The van der Waals surface area contributed by atoms with Crippen molar-refractivity contribution in [3.8, 4) is 11.8 Å². The summed E-state index contributed by atoms with van der Waals surface area (Å²) in [7, 11) is 0. The summed E-state index contributed by atoms with van der Waals surface area (Å²) in [6, 6.07) is 19.6. The van der Waals surface area contributed by atoms with Gasteiger partial charge in [-0.2, -0.15) is 5.26 Å². The Morgan fingerprint density at radius 1 is 1.14 bits per heavy atom. The fourth-order valence-corrected chi connectivity index (χ4v) is 4.19. The van der Waals surface area contributed by atoms with Crippen molar-refractivity contribution < 1.29 is 14.3 Å². The van der Waals surface area contributed by atoms with Crippen LogP contribution in [0.4, 0.5) is 0 Å². The Morgan fingerprint density at radius 3 is 2.59 bits per heavy atom. The second kappa shape index (κ2) is 7.84. The molecule has 5 nitrogen and oxygen atoms in total. The third-order valence-electron chi connectivity index (χ3n) is 5.46. The summed E-state index contributed by atoms with van der Waals surface area (Å²) in [5, 5.41) is 9.78. The summed E-state index contributed by atoms with van der Waals surface area (Å²) in [4.78, 5) is 13.3. The second-order valence-corrected chi connectivity index (χ2v) is 7.17. The van der Waals surface area contributed by atoms with Gasteiger partial charge >= 0.3 is 0 Å². The number of nitrogens with zero attached hydrogens (tertiary/aromatic N) is 1. The molecule has 29 heavy (non-hydrogen) atoms. The third-order valence-corrected chi connectivity index (χ3v) is 5.46.